The molecule has 156 valence electrons. The van der Waals surface area contributed by atoms with Crippen LogP contribution in [-0.2, 0) is 11.3 Å². The summed E-state index contributed by atoms with van der Waals surface area (Å²) in [6.07, 6.45) is 0. The standard InChI is InChI=1S/C25H22N2O4/c1-30-19-12-13-20-21(14-19)31-24(23(20)18-10-6-3-7-11-18)25(29)27-16-22(28)26-15-17-8-4-2-5-9-17/h2-14H,15-16H2,1H3,(H,26,28)(H,27,29). The summed E-state index contributed by atoms with van der Waals surface area (Å²) in [5.74, 6) is 0.0542. The number of carbonyl (C=O) groups is 2. The number of methoxy groups -OCH3 is 1. The highest BCUT2D eigenvalue weighted by atomic mass is 16.5. The zero-order valence-corrected chi connectivity index (χ0v) is 17.1. The number of benzene rings is 3. The Bertz CT molecular complexity index is 1200. The van der Waals surface area contributed by atoms with Crippen LogP contribution in [0.15, 0.2) is 83.3 Å². The Morgan fingerprint density at radius 1 is 0.903 bits per heavy atom. The number of fused-ring (bicyclic) bond motifs is 1. The maximum atomic E-state index is 12.9. The van der Waals surface area contributed by atoms with E-state index in [2.05, 4.69) is 10.6 Å². The SMILES string of the molecule is COc1ccc2c(-c3ccccc3)c(C(=O)NCC(=O)NCc3ccccc3)oc2c1. The number of amides is 2. The van der Waals surface area contributed by atoms with Crippen molar-refractivity contribution in [2.75, 3.05) is 13.7 Å². The van der Waals surface area contributed by atoms with Crippen LogP contribution in [0.1, 0.15) is 16.1 Å². The minimum absolute atomic E-state index is 0.153. The molecule has 0 aliphatic heterocycles. The van der Waals surface area contributed by atoms with Gasteiger partial charge < -0.3 is 19.8 Å². The topological polar surface area (TPSA) is 80.6 Å². The van der Waals surface area contributed by atoms with Crippen LogP contribution in [0.5, 0.6) is 5.75 Å². The Kier molecular flexibility index (Phi) is 5.98. The third kappa shape index (κ3) is 4.59. The molecule has 6 heteroatoms. The normalized spacial score (nSPS) is 10.6. The largest absolute Gasteiger partial charge is 0.497 e. The van der Waals surface area contributed by atoms with Gasteiger partial charge in [0.05, 0.1) is 13.7 Å². The van der Waals surface area contributed by atoms with Crippen molar-refractivity contribution in [1.82, 2.24) is 10.6 Å². The van der Waals surface area contributed by atoms with Gasteiger partial charge in [0.15, 0.2) is 0 Å². The fraction of sp³-hybridized carbons (Fsp3) is 0.120. The molecule has 4 aromatic rings. The lowest BCUT2D eigenvalue weighted by atomic mass is 10.0. The summed E-state index contributed by atoms with van der Waals surface area (Å²) in [7, 11) is 1.57. The van der Waals surface area contributed by atoms with Gasteiger partial charge in [0.1, 0.15) is 11.3 Å². The van der Waals surface area contributed by atoms with Crippen LogP contribution in [0.4, 0.5) is 0 Å². The van der Waals surface area contributed by atoms with E-state index in [0.29, 0.717) is 23.4 Å². The van der Waals surface area contributed by atoms with E-state index >= 15 is 0 Å². The Hall–Kier alpha value is -4.06. The van der Waals surface area contributed by atoms with Crippen LogP contribution in [0.2, 0.25) is 0 Å². The molecule has 0 spiro atoms. The van der Waals surface area contributed by atoms with Crippen molar-refractivity contribution < 1.29 is 18.7 Å². The molecular weight excluding hydrogens is 392 g/mol. The average Bonchev–Trinajstić information content (AvgIpc) is 3.21. The van der Waals surface area contributed by atoms with E-state index in [4.69, 9.17) is 9.15 Å². The Balaban J connectivity index is 1.53. The lowest BCUT2D eigenvalue weighted by Crippen LogP contribution is -2.36. The van der Waals surface area contributed by atoms with Gasteiger partial charge in [-0.25, -0.2) is 0 Å². The zero-order chi connectivity index (χ0) is 21.6. The fourth-order valence-corrected chi connectivity index (χ4v) is 3.36. The molecule has 0 saturated heterocycles. The molecule has 0 aliphatic rings. The molecule has 1 aromatic heterocycles. The molecule has 3 aromatic carbocycles. The first-order valence-corrected chi connectivity index (χ1v) is 9.90. The summed E-state index contributed by atoms with van der Waals surface area (Å²) in [6, 6.07) is 24.5. The second-order valence-corrected chi connectivity index (χ2v) is 6.98. The highest BCUT2D eigenvalue weighted by molar-refractivity contribution is 6.08. The third-order valence-corrected chi connectivity index (χ3v) is 4.91. The van der Waals surface area contributed by atoms with Crippen LogP contribution in [0, 0.1) is 0 Å². The predicted octanol–water partition coefficient (Wildman–Crippen LogP) is 4.15. The quantitative estimate of drug-likeness (QED) is 0.476. The van der Waals surface area contributed by atoms with Crippen LogP contribution in [0.25, 0.3) is 22.1 Å². The van der Waals surface area contributed by atoms with Crippen LogP contribution in [0.3, 0.4) is 0 Å². The van der Waals surface area contributed by atoms with E-state index < -0.39 is 5.91 Å². The van der Waals surface area contributed by atoms with Gasteiger partial charge in [-0.3, -0.25) is 9.59 Å². The summed E-state index contributed by atoms with van der Waals surface area (Å²) in [5.41, 5.74) is 3.06. The molecule has 0 fully saturated rings. The Labute approximate surface area is 179 Å². The first kappa shape index (κ1) is 20.2. The van der Waals surface area contributed by atoms with E-state index in [1.165, 1.54) is 0 Å². The fourth-order valence-electron chi connectivity index (χ4n) is 3.36. The molecule has 2 amide bonds. The second-order valence-electron chi connectivity index (χ2n) is 6.98. The Morgan fingerprint density at radius 2 is 1.61 bits per heavy atom. The number of ether oxygens (including phenoxy) is 1. The van der Waals surface area contributed by atoms with E-state index in [1.54, 1.807) is 13.2 Å². The van der Waals surface area contributed by atoms with E-state index in [0.717, 1.165) is 16.5 Å². The zero-order valence-electron chi connectivity index (χ0n) is 17.1. The summed E-state index contributed by atoms with van der Waals surface area (Å²) in [5, 5.41) is 6.25. The van der Waals surface area contributed by atoms with Gasteiger partial charge in [-0.1, -0.05) is 60.7 Å². The van der Waals surface area contributed by atoms with Gasteiger partial charge in [0, 0.05) is 23.6 Å². The first-order valence-electron chi connectivity index (χ1n) is 9.90. The molecule has 0 unspecified atom stereocenters. The molecule has 2 N–H and O–H groups in total. The molecule has 6 nitrogen and oxygen atoms in total. The number of nitrogens with one attached hydrogen (secondary N) is 2. The maximum absolute atomic E-state index is 12.9. The van der Waals surface area contributed by atoms with E-state index in [1.807, 2.05) is 72.8 Å². The average molecular weight is 414 g/mol. The maximum Gasteiger partial charge on any atom is 0.288 e. The van der Waals surface area contributed by atoms with Crippen molar-refractivity contribution in [3.8, 4) is 16.9 Å². The van der Waals surface area contributed by atoms with Gasteiger partial charge >= 0.3 is 0 Å². The number of furan rings is 1. The highest BCUT2D eigenvalue weighted by Gasteiger charge is 2.22. The summed E-state index contributed by atoms with van der Waals surface area (Å²) in [4.78, 5) is 25.1. The minimum Gasteiger partial charge on any atom is -0.497 e. The molecule has 1 heterocycles. The number of carbonyl (C=O) groups excluding carboxylic acids is 2. The van der Waals surface area contributed by atoms with Gasteiger partial charge in [0.25, 0.3) is 5.91 Å². The van der Waals surface area contributed by atoms with Crippen LogP contribution in [-0.4, -0.2) is 25.5 Å². The molecule has 0 bridgehead atoms. The number of rotatable bonds is 7. The summed E-state index contributed by atoms with van der Waals surface area (Å²) >= 11 is 0. The lowest BCUT2D eigenvalue weighted by molar-refractivity contribution is -0.120. The van der Waals surface area contributed by atoms with Gasteiger partial charge in [0.2, 0.25) is 11.7 Å². The van der Waals surface area contributed by atoms with Crippen molar-refractivity contribution in [3.05, 3.63) is 90.2 Å². The van der Waals surface area contributed by atoms with Crippen molar-refractivity contribution >= 4 is 22.8 Å². The summed E-state index contributed by atoms with van der Waals surface area (Å²) < 4.78 is 11.2. The van der Waals surface area contributed by atoms with Gasteiger partial charge in [-0.2, -0.15) is 0 Å². The van der Waals surface area contributed by atoms with Crippen molar-refractivity contribution in [2.24, 2.45) is 0 Å². The molecule has 31 heavy (non-hydrogen) atoms. The van der Waals surface area contributed by atoms with Crippen LogP contribution < -0.4 is 15.4 Å². The number of hydrogen-bond donors (Lipinski definition) is 2. The van der Waals surface area contributed by atoms with Crippen molar-refractivity contribution in [3.63, 3.8) is 0 Å². The van der Waals surface area contributed by atoms with Crippen molar-refractivity contribution in [1.29, 1.82) is 0 Å². The molecule has 0 radical (unpaired) electrons. The summed E-state index contributed by atoms with van der Waals surface area (Å²) in [6.45, 7) is 0.246. The van der Waals surface area contributed by atoms with E-state index in [-0.39, 0.29) is 18.2 Å². The molecule has 0 aliphatic carbocycles. The van der Waals surface area contributed by atoms with E-state index in [9.17, 15) is 9.59 Å². The molecular formula is C25H22N2O4. The first-order chi connectivity index (χ1) is 15.2. The monoisotopic (exact) mass is 414 g/mol. The lowest BCUT2D eigenvalue weighted by Gasteiger charge is -2.07. The van der Waals surface area contributed by atoms with Gasteiger partial charge in [-0.05, 0) is 23.3 Å². The number of hydrogen-bond acceptors (Lipinski definition) is 4. The van der Waals surface area contributed by atoms with Crippen LogP contribution >= 0.6 is 0 Å². The third-order valence-electron chi connectivity index (χ3n) is 4.91. The predicted molar refractivity (Wildman–Crippen MR) is 119 cm³/mol. The van der Waals surface area contributed by atoms with Gasteiger partial charge in [-0.15, -0.1) is 0 Å². The van der Waals surface area contributed by atoms with Crippen molar-refractivity contribution in [2.45, 2.75) is 6.54 Å². The Morgan fingerprint density at radius 3 is 2.32 bits per heavy atom. The molecule has 0 atom stereocenters. The molecule has 0 saturated carbocycles. The smallest absolute Gasteiger partial charge is 0.288 e. The highest BCUT2D eigenvalue weighted by Crippen LogP contribution is 2.36. The minimum atomic E-state index is -0.455. The molecule has 4 rings (SSSR count). The second kappa shape index (κ2) is 9.17.